The number of fused-ring (bicyclic) bond motifs is 8. The van der Waals surface area contributed by atoms with Crippen molar-refractivity contribution >= 4 is 62.0 Å². The molecule has 472 valence electrons. The molecule has 3 N–H and O–H groups in total. The minimum atomic E-state index is -0.168. The predicted molar refractivity (Wildman–Crippen MR) is 396 cm³/mol. The summed E-state index contributed by atoms with van der Waals surface area (Å²) in [4.78, 5) is 35.4. The highest BCUT2D eigenvalue weighted by Crippen LogP contribution is 2.45. The number of H-pyrrole nitrogens is 2. The summed E-state index contributed by atoms with van der Waals surface area (Å²) < 4.78 is 0. The van der Waals surface area contributed by atoms with Crippen molar-refractivity contribution in [1.82, 2.24) is 24.8 Å². The maximum Gasteiger partial charge on any atom is 0.255 e. The van der Waals surface area contributed by atoms with Gasteiger partial charge in [0.2, 0.25) is 0 Å². The van der Waals surface area contributed by atoms with Crippen molar-refractivity contribution in [1.29, 1.82) is 0 Å². The minimum Gasteiger partial charge on any atom is -0.354 e. The lowest BCUT2D eigenvalue weighted by Crippen LogP contribution is -2.19. The number of likely N-dealkylation sites (tertiary alicyclic amines) is 1. The maximum atomic E-state index is 13.8. The molecule has 1 unspecified atom stereocenters. The van der Waals surface area contributed by atoms with Crippen LogP contribution >= 0.6 is 0 Å². The van der Waals surface area contributed by atoms with Gasteiger partial charge >= 0.3 is 0 Å². The van der Waals surface area contributed by atoms with E-state index in [1.807, 2.05) is 36.4 Å². The van der Waals surface area contributed by atoms with E-state index < -0.39 is 0 Å². The highest BCUT2D eigenvalue weighted by atomic mass is 16.1. The number of aromatic nitrogens is 4. The maximum absolute atomic E-state index is 13.8. The zero-order valence-corrected chi connectivity index (χ0v) is 57.6. The zero-order chi connectivity index (χ0) is 65.5. The number of hydrogen-bond acceptors (Lipinski definition) is 4. The third-order valence-electron chi connectivity index (χ3n) is 19.7. The van der Waals surface area contributed by atoms with E-state index in [4.69, 9.17) is 9.97 Å². The lowest BCUT2D eigenvalue weighted by atomic mass is 9.72. The van der Waals surface area contributed by atoms with Gasteiger partial charge in [0.05, 0.1) is 33.8 Å². The summed E-state index contributed by atoms with van der Waals surface area (Å²) in [6, 6.07) is 30.2. The van der Waals surface area contributed by atoms with Gasteiger partial charge < -0.3 is 15.3 Å². The van der Waals surface area contributed by atoms with Crippen LogP contribution in [0.4, 0.5) is 5.69 Å². The molecule has 7 heteroatoms. The van der Waals surface area contributed by atoms with Crippen LogP contribution in [-0.2, 0) is 6.42 Å². The quantitative estimate of drug-likeness (QED) is 0.0794. The number of aryl methyl sites for hydroxylation is 4. The second-order valence-electron chi connectivity index (χ2n) is 26.7. The fourth-order valence-corrected chi connectivity index (χ4v) is 13.8. The van der Waals surface area contributed by atoms with Crippen molar-refractivity contribution in [3.63, 3.8) is 0 Å². The van der Waals surface area contributed by atoms with Crippen molar-refractivity contribution < 1.29 is 4.79 Å². The molecule has 1 fully saturated rings. The van der Waals surface area contributed by atoms with E-state index in [-0.39, 0.29) is 11.3 Å². The fraction of sp³-hybridized carbons (Fsp3) is 0.306. The average molecular weight is 1220 g/mol. The number of nitrogens with zero attached hydrogens (tertiary/aromatic N) is 3. The van der Waals surface area contributed by atoms with Crippen molar-refractivity contribution in [2.24, 2.45) is 5.41 Å². The molecule has 7 nitrogen and oxygen atoms in total. The van der Waals surface area contributed by atoms with Crippen molar-refractivity contribution in [2.75, 3.05) is 18.9 Å². The highest BCUT2D eigenvalue weighted by Gasteiger charge is 2.28. The van der Waals surface area contributed by atoms with Crippen LogP contribution in [0.15, 0.2) is 197 Å². The van der Waals surface area contributed by atoms with Gasteiger partial charge in [0.25, 0.3) is 5.91 Å². The lowest BCUT2D eigenvalue weighted by Gasteiger charge is -2.32. The predicted octanol–water partition coefficient (Wildman–Crippen LogP) is 23.0. The Hall–Kier alpha value is -8.91. The molecule has 10 rings (SSSR count). The molecule has 1 atom stereocenters. The number of carbonyl (C=O) groups is 1. The van der Waals surface area contributed by atoms with Gasteiger partial charge in [0, 0.05) is 39.5 Å². The van der Waals surface area contributed by atoms with Gasteiger partial charge in [-0.15, -0.1) is 0 Å². The second-order valence-corrected chi connectivity index (χ2v) is 26.7. The summed E-state index contributed by atoms with van der Waals surface area (Å²) >= 11 is 0. The summed E-state index contributed by atoms with van der Waals surface area (Å²) in [6.07, 6.45) is 37.8. The molecule has 3 aromatic carbocycles. The van der Waals surface area contributed by atoms with Gasteiger partial charge in [-0.05, 0) is 249 Å². The van der Waals surface area contributed by atoms with Crippen molar-refractivity contribution in [3.05, 3.63) is 259 Å². The molecule has 1 saturated heterocycles. The number of amides is 1. The average Bonchev–Trinajstić information content (AvgIpc) is 1.59. The van der Waals surface area contributed by atoms with E-state index in [1.54, 1.807) is 0 Å². The molecule has 8 bridgehead atoms. The first kappa shape index (κ1) is 66.0. The van der Waals surface area contributed by atoms with Gasteiger partial charge in [-0.2, -0.15) is 0 Å². The van der Waals surface area contributed by atoms with Crippen LogP contribution in [0, 0.1) is 26.2 Å². The molecular weight excluding hydrogens is 1120 g/mol. The first-order valence-electron chi connectivity index (χ1n) is 33.4. The van der Waals surface area contributed by atoms with Gasteiger partial charge in [0.1, 0.15) is 0 Å². The second kappa shape index (κ2) is 28.7. The largest absolute Gasteiger partial charge is 0.354 e. The number of rotatable bonds is 17. The Morgan fingerprint density at radius 3 is 1.76 bits per heavy atom. The molecule has 4 aliphatic rings. The Morgan fingerprint density at radius 2 is 1.16 bits per heavy atom. The molecular formula is C85H96N6O. The van der Waals surface area contributed by atoms with Crippen LogP contribution in [0.1, 0.15) is 194 Å². The number of carbonyl (C=O) groups excluding carboxylic acids is 1. The number of benzene rings is 3. The van der Waals surface area contributed by atoms with Gasteiger partial charge in [-0.3, -0.25) is 9.69 Å². The number of hydrogen-bond donors (Lipinski definition) is 3. The van der Waals surface area contributed by atoms with E-state index in [9.17, 15) is 4.79 Å². The fourth-order valence-electron chi connectivity index (χ4n) is 13.8. The minimum absolute atomic E-state index is 0.168. The van der Waals surface area contributed by atoms with E-state index in [0.29, 0.717) is 17.3 Å². The third kappa shape index (κ3) is 14.5. The Kier molecular flexibility index (Phi) is 20.6. The summed E-state index contributed by atoms with van der Waals surface area (Å²) in [5, 5.41) is 3.17. The Labute approximate surface area is 549 Å². The summed E-state index contributed by atoms with van der Waals surface area (Å²) in [7, 11) is 2.24. The molecule has 0 radical (unpaired) electrons. The van der Waals surface area contributed by atoms with Gasteiger partial charge in [-0.25, -0.2) is 9.97 Å². The van der Waals surface area contributed by atoms with E-state index in [2.05, 4.69) is 265 Å². The molecule has 3 aromatic heterocycles. The number of allylic oxidation sites excluding steroid dienone is 23. The van der Waals surface area contributed by atoms with E-state index >= 15 is 0 Å². The first-order chi connectivity index (χ1) is 44.1. The molecule has 6 aromatic rings. The highest BCUT2D eigenvalue weighted by molar-refractivity contribution is 6.06. The number of anilines is 1. The van der Waals surface area contributed by atoms with Crippen LogP contribution in [0.2, 0.25) is 0 Å². The van der Waals surface area contributed by atoms with Crippen LogP contribution < -0.4 is 5.32 Å². The summed E-state index contributed by atoms with van der Waals surface area (Å²) in [5.41, 5.74) is 33.6. The Balaban J connectivity index is 0.858. The van der Waals surface area contributed by atoms with Crippen molar-refractivity contribution in [2.45, 2.75) is 155 Å². The third-order valence-corrected chi connectivity index (χ3v) is 19.7. The number of aromatic amines is 2. The van der Waals surface area contributed by atoms with E-state index in [0.717, 1.165) is 125 Å². The van der Waals surface area contributed by atoms with E-state index in [1.165, 1.54) is 82.2 Å². The molecule has 1 amide bonds. The molecule has 92 heavy (non-hydrogen) atoms. The Bertz CT molecular complexity index is 4400. The normalized spacial score (nSPS) is 17.3. The van der Waals surface area contributed by atoms with Crippen LogP contribution in [0.5, 0.6) is 0 Å². The van der Waals surface area contributed by atoms with Crippen LogP contribution in [-0.4, -0.2) is 44.3 Å². The molecule has 1 aliphatic carbocycles. The lowest BCUT2D eigenvalue weighted by molar-refractivity contribution is 0.102. The standard InChI is InChI=1S/C85H96N6O/c1-17-70-62(12)82-78(66-42-40-65(41-43-66)77-32-24-50-91(77)16)80-60(10)58(8)73(87-80)51-74-59(9)61(11)81(88-74)79(83-63(13)71(18-2)76(90-83)52-75(70)89-82)67-44-46-69(47-45-67)86-84(92)68-38-36-64(37-39-68)35-33-55(5)29-21-27-53(3)25-19-20-26-54(4)28-22-30-56(6)34-48-72-57(7)31-23-49-85(72,14)15/h19-22,25-30,33-48,51-52,77,88-89H,17-18,23-24,31-32,49-50H2,1-16H3,(H,86,92)/b20-19+,27-21+,28-22+,35-33+,48-34+,53-25+,54-26+,55-29+,56-30+,73-51?,74-51?,75-52?,76-52?,80-78?,81-79?,82-78?,83-79?. The smallest absolute Gasteiger partial charge is 0.255 e. The molecule has 0 saturated carbocycles. The van der Waals surface area contributed by atoms with Crippen LogP contribution in [0.25, 0.3) is 72.7 Å². The zero-order valence-electron chi connectivity index (χ0n) is 57.6. The molecule has 0 spiro atoms. The van der Waals surface area contributed by atoms with Gasteiger partial charge in [0.15, 0.2) is 0 Å². The van der Waals surface area contributed by atoms with Crippen LogP contribution in [0.3, 0.4) is 0 Å². The number of nitrogens with one attached hydrogen (secondary N) is 3. The first-order valence-corrected chi connectivity index (χ1v) is 33.4. The van der Waals surface area contributed by atoms with Gasteiger partial charge in [-0.1, -0.05) is 189 Å². The van der Waals surface area contributed by atoms with Crippen molar-refractivity contribution in [3.8, 4) is 22.3 Å². The molecule has 3 aliphatic heterocycles. The topological polar surface area (TPSA) is 89.7 Å². The molecule has 6 heterocycles. The monoisotopic (exact) mass is 1220 g/mol. The summed E-state index contributed by atoms with van der Waals surface area (Å²) in [5.74, 6) is -0.168. The Morgan fingerprint density at radius 1 is 0.609 bits per heavy atom. The SMILES string of the molecule is CCC1=C(C)c2nc1cc1[nH]c(c(C)c1CC)c(-c1ccc(C3CCCN3C)cc1)c1nc(cc3[nH]c(c(C)c3C)c2-c2ccc(NC(=O)c3ccc(/C=C/C(C)=C/C=C/C(C)=C/C=C/C=C(C)/C=C/C=C(C)/C=C/C4=C(C)CCCC4(C)C)cc3)cc2)C(C)=C1C. The summed E-state index contributed by atoms with van der Waals surface area (Å²) in [6.45, 7) is 34.5.